The molecule has 0 aliphatic carbocycles. The maximum atomic E-state index is 4.54. The molecule has 0 fully saturated rings. The van der Waals surface area contributed by atoms with E-state index in [0.717, 1.165) is 29.0 Å². The van der Waals surface area contributed by atoms with Gasteiger partial charge in [0.05, 0.1) is 5.69 Å². The number of aromatic nitrogens is 3. The van der Waals surface area contributed by atoms with Crippen molar-refractivity contribution in [2.45, 2.75) is 26.7 Å². The molecule has 0 saturated carbocycles. The number of rotatable bonds is 3. The number of hydrogen-bond acceptors (Lipinski definition) is 2. The third-order valence-electron chi connectivity index (χ3n) is 2.48. The maximum Gasteiger partial charge on any atom is 0.154 e. The second-order valence-electron chi connectivity index (χ2n) is 3.56. The van der Waals surface area contributed by atoms with Crippen LogP contribution in [0.2, 0.25) is 0 Å². The molecule has 0 aliphatic rings. The van der Waals surface area contributed by atoms with Gasteiger partial charge in [0.1, 0.15) is 4.60 Å². The van der Waals surface area contributed by atoms with Crippen molar-refractivity contribution in [3.05, 3.63) is 40.3 Å². The minimum absolute atomic E-state index is 0.834. The average molecular weight is 280 g/mol. The molecule has 4 heteroatoms. The largest absolute Gasteiger partial charge is 0.222 e. The fourth-order valence-corrected chi connectivity index (χ4v) is 1.95. The van der Waals surface area contributed by atoms with Gasteiger partial charge in [0, 0.05) is 5.69 Å². The van der Waals surface area contributed by atoms with Crippen LogP contribution >= 0.6 is 15.9 Å². The van der Waals surface area contributed by atoms with Crippen molar-refractivity contribution >= 4 is 15.9 Å². The maximum absolute atomic E-state index is 4.54. The third kappa shape index (κ3) is 2.16. The van der Waals surface area contributed by atoms with E-state index in [2.05, 4.69) is 45.9 Å². The van der Waals surface area contributed by atoms with E-state index in [-0.39, 0.29) is 0 Å². The van der Waals surface area contributed by atoms with Gasteiger partial charge in [0.25, 0.3) is 0 Å². The minimum atomic E-state index is 0.834. The molecule has 2 rings (SSSR count). The number of halogens is 1. The van der Waals surface area contributed by atoms with Crippen LogP contribution in [0.15, 0.2) is 28.9 Å². The standard InChI is InChI=1S/C12H14BrN3/c1-3-9-8-10(4-2)16(15-9)12-7-5-6-11(13)14-12/h5-8H,3-4H2,1-2H3. The van der Waals surface area contributed by atoms with Crippen LogP contribution in [0.3, 0.4) is 0 Å². The lowest BCUT2D eigenvalue weighted by molar-refractivity contribution is 0.770. The van der Waals surface area contributed by atoms with Gasteiger partial charge >= 0.3 is 0 Å². The zero-order valence-electron chi connectivity index (χ0n) is 9.44. The van der Waals surface area contributed by atoms with Crippen molar-refractivity contribution in [3.63, 3.8) is 0 Å². The molecule has 0 unspecified atom stereocenters. The van der Waals surface area contributed by atoms with Crippen molar-refractivity contribution in [2.24, 2.45) is 0 Å². The van der Waals surface area contributed by atoms with Crippen molar-refractivity contribution in [3.8, 4) is 5.82 Å². The molecule has 2 aromatic heterocycles. The van der Waals surface area contributed by atoms with E-state index in [1.54, 1.807) is 0 Å². The topological polar surface area (TPSA) is 30.7 Å². The average Bonchev–Trinajstić information content (AvgIpc) is 2.72. The summed E-state index contributed by atoms with van der Waals surface area (Å²) in [6.45, 7) is 4.24. The molecule has 0 amide bonds. The first-order valence-electron chi connectivity index (χ1n) is 5.45. The van der Waals surface area contributed by atoms with E-state index in [1.165, 1.54) is 5.69 Å². The zero-order valence-corrected chi connectivity index (χ0v) is 11.0. The van der Waals surface area contributed by atoms with Crippen LogP contribution in [0.4, 0.5) is 0 Å². The summed E-state index contributed by atoms with van der Waals surface area (Å²) in [4.78, 5) is 4.42. The summed E-state index contributed by atoms with van der Waals surface area (Å²) in [7, 11) is 0. The molecular weight excluding hydrogens is 266 g/mol. The molecule has 0 bridgehead atoms. The predicted octanol–water partition coefficient (Wildman–Crippen LogP) is 3.15. The van der Waals surface area contributed by atoms with Crippen molar-refractivity contribution < 1.29 is 0 Å². The van der Waals surface area contributed by atoms with Crippen LogP contribution < -0.4 is 0 Å². The molecule has 84 valence electrons. The fraction of sp³-hybridized carbons (Fsp3) is 0.333. The van der Waals surface area contributed by atoms with Crippen LogP contribution in [0.5, 0.6) is 0 Å². The number of hydrogen-bond donors (Lipinski definition) is 0. The quantitative estimate of drug-likeness (QED) is 0.808. The fourth-order valence-electron chi connectivity index (χ4n) is 1.61. The van der Waals surface area contributed by atoms with Crippen LogP contribution in [0, 0.1) is 0 Å². The van der Waals surface area contributed by atoms with Gasteiger partial charge in [-0.3, -0.25) is 0 Å². The molecule has 2 heterocycles. The van der Waals surface area contributed by atoms with E-state index in [4.69, 9.17) is 0 Å². The normalized spacial score (nSPS) is 10.7. The highest BCUT2D eigenvalue weighted by Crippen LogP contribution is 2.14. The summed E-state index contributed by atoms with van der Waals surface area (Å²) in [5, 5.41) is 4.54. The number of nitrogens with zero attached hydrogens (tertiary/aromatic N) is 3. The summed E-state index contributed by atoms with van der Waals surface area (Å²) in [5.74, 6) is 0.867. The highest BCUT2D eigenvalue weighted by molar-refractivity contribution is 9.10. The van der Waals surface area contributed by atoms with Gasteiger partial charge in [-0.25, -0.2) is 9.67 Å². The van der Waals surface area contributed by atoms with Gasteiger partial charge in [-0.2, -0.15) is 5.10 Å². The molecular formula is C12H14BrN3. The minimum Gasteiger partial charge on any atom is -0.222 e. The first-order chi connectivity index (χ1) is 7.74. The second kappa shape index (κ2) is 4.78. The molecule has 0 radical (unpaired) electrons. The van der Waals surface area contributed by atoms with Gasteiger partial charge in [0.2, 0.25) is 0 Å². The first kappa shape index (κ1) is 11.3. The zero-order chi connectivity index (χ0) is 11.5. The Morgan fingerprint density at radius 1 is 1.25 bits per heavy atom. The second-order valence-corrected chi connectivity index (χ2v) is 4.38. The lowest BCUT2D eigenvalue weighted by Gasteiger charge is -2.04. The summed E-state index contributed by atoms with van der Waals surface area (Å²) in [6.07, 6.45) is 1.91. The van der Waals surface area contributed by atoms with Gasteiger partial charge in [-0.1, -0.05) is 19.9 Å². The molecule has 2 aromatic rings. The molecule has 3 nitrogen and oxygen atoms in total. The first-order valence-corrected chi connectivity index (χ1v) is 6.24. The number of aryl methyl sites for hydroxylation is 2. The molecule has 0 aliphatic heterocycles. The van der Waals surface area contributed by atoms with E-state index < -0.39 is 0 Å². The lowest BCUT2D eigenvalue weighted by atomic mass is 10.2. The molecule has 0 aromatic carbocycles. The Morgan fingerprint density at radius 2 is 2.06 bits per heavy atom. The van der Waals surface area contributed by atoms with Gasteiger partial charge in [-0.05, 0) is 47.0 Å². The van der Waals surface area contributed by atoms with Crippen molar-refractivity contribution in [1.82, 2.24) is 14.8 Å². The Kier molecular flexibility index (Phi) is 3.39. The number of pyridine rings is 1. The third-order valence-corrected chi connectivity index (χ3v) is 2.92. The van der Waals surface area contributed by atoms with Gasteiger partial charge in [-0.15, -0.1) is 0 Å². The highest BCUT2D eigenvalue weighted by atomic mass is 79.9. The van der Waals surface area contributed by atoms with E-state index in [9.17, 15) is 0 Å². The lowest BCUT2D eigenvalue weighted by Crippen LogP contribution is -2.03. The van der Waals surface area contributed by atoms with Crippen LogP contribution in [0.25, 0.3) is 5.82 Å². The Bertz CT molecular complexity index is 491. The summed E-state index contributed by atoms with van der Waals surface area (Å²) < 4.78 is 2.75. The van der Waals surface area contributed by atoms with E-state index >= 15 is 0 Å². The van der Waals surface area contributed by atoms with Gasteiger partial charge in [0.15, 0.2) is 5.82 Å². The molecule has 16 heavy (non-hydrogen) atoms. The molecule has 0 saturated heterocycles. The SMILES string of the molecule is CCc1cc(CC)n(-c2cccc(Br)n2)n1. The Labute approximate surface area is 104 Å². The Balaban J connectivity index is 2.50. The molecule has 0 spiro atoms. The van der Waals surface area contributed by atoms with Crippen LogP contribution in [-0.4, -0.2) is 14.8 Å². The van der Waals surface area contributed by atoms with Crippen molar-refractivity contribution in [1.29, 1.82) is 0 Å². The highest BCUT2D eigenvalue weighted by Gasteiger charge is 2.08. The molecule has 0 N–H and O–H groups in total. The van der Waals surface area contributed by atoms with Gasteiger partial charge < -0.3 is 0 Å². The summed E-state index contributed by atoms with van der Waals surface area (Å²) >= 11 is 3.38. The summed E-state index contributed by atoms with van der Waals surface area (Å²) in [6, 6.07) is 8.00. The monoisotopic (exact) mass is 279 g/mol. The Morgan fingerprint density at radius 3 is 2.69 bits per heavy atom. The van der Waals surface area contributed by atoms with Crippen LogP contribution in [-0.2, 0) is 12.8 Å². The Hall–Kier alpha value is -1.16. The van der Waals surface area contributed by atoms with E-state index in [1.807, 2.05) is 22.9 Å². The van der Waals surface area contributed by atoms with E-state index in [0.29, 0.717) is 0 Å². The smallest absolute Gasteiger partial charge is 0.154 e. The molecule has 0 atom stereocenters. The predicted molar refractivity (Wildman–Crippen MR) is 67.8 cm³/mol. The summed E-state index contributed by atoms with van der Waals surface area (Å²) in [5.41, 5.74) is 2.31. The van der Waals surface area contributed by atoms with Crippen molar-refractivity contribution in [2.75, 3.05) is 0 Å². The van der Waals surface area contributed by atoms with Crippen LogP contribution in [0.1, 0.15) is 25.2 Å².